The highest BCUT2D eigenvalue weighted by Crippen LogP contribution is 1.89. The molecule has 0 atom stereocenters. The van der Waals surface area contributed by atoms with E-state index in [1.54, 1.807) is 0 Å². The Balaban J connectivity index is 2.96. The summed E-state index contributed by atoms with van der Waals surface area (Å²) < 4.78 is 5.05. The third kappa shape index (κ3) is 6.23. The van der Waals surface area contributed by atoms with Gasteiger partial charge in [0, 0.05) is 6.61 Å². The number of hydrogen-bond donors (Lipinski definition) is 0. The molecule has 0 aromatic heterocycles. The van der Waals surface area contributed by atoms with E-state index in [4.69, 9.17) is 4.74 Å². The van der Waals surface area contributed by atoms with E-state index in [1.165, 1.54) is 0 Å². The van der Waals surface area contributed by atoms with Crippen molar-refractivity contribution in [3.63, 3.8) is 0 Å². The molecule has 0 radical (unpaired) electrons. The first-order valence-electron chi connectivity index (χ1n) is 3.46. The van der Waals surface area contributed by atoms with Crippen LogP contribution in [0, 0.1) is 0 Å². The number of alkyl halides is 1. The van der Waals surface area contributed by atoms with Crippen molar-refractivity contribution < 1.29 is 9.53 Å². The molecule has 2 nitrogen and oxygen atoms in total. The van der Waals surface area contributed by atoms with E-state index in [1.807, 2.05) is 0 Å². The first-order valence-corrected chi connectivity index (χ1v) is 4.58. The van der Waals surface area contributed by atoms with Gasteiger partial charge in [0.2, 0.25) is 0 Å². The summed E-state index contributed by atoms with van der Waals surface area (Å²) in [7, 11) is 0. The second-order valence-corrected chi connectivity index (χ2v) is 2.64. The lowest BCUT2D eigenvalue weighted by molar-refractivity contribution is -0.120. The summed E-state index contributed by atoms with van der Waals surface area (Å²) in [6, 6.07) is 0. The first kappa shape index (κ1) is 10.1. The summed E-state index contributed by atoms with van der Waals surface area (Å²) in [6.07, 6.45) is 2.15. The Morgan fingerprint density at radius 3 is 2.80 bits per heavy atom. The van der Waals surface area contributed by atoms with Gasteiger partial charge in [0.05, 0.1) is 5.33 Å². The minimum atomic E-state index is 0.108. The van der Waals surface area contributed by atoms with Crippen LogP contribution in [0.2, 0.25) is 0 Å². The van der Waals surface area contributed by atoms with Crippen molar-refractivity contribution in [3.05, 3.63) is 0 Å². The SMILES string of the molecule is CCCCOCC(=O)CBr. The van der Waals surface area contributed by atoms with Gasteiger partial charge in [-0.2, -0.15) is 0 Å². The number of hydrogen-bond acceptors (Lipinski definition) is 2. The molecule has 0 spiro atoms. The molecule has 0 N–H and O–H groups in total. The van der Waals surface area contributed by atoms with E-state index in [9.17, 15) is 4.79 Å². The Hall–Kier alpha value is 0.110. The fourth-order valence-corrected chi connectivity index (χ4v) is 0.633. The number of halogens is 1. The van der Waals surface area contributed by atoms with Crippen molar-refractivity contribution >= 4 is 21.7 Å². The smallest absolute Gasteiger partial charge is 0.168 e. The number of unbranched alkanes of at least 4 members (excludes halogenated alkanes) is 1. The topological polar surface area (TPSA) is 26.3 Å². The van der Waals surface area contributed by atoms with Crippen molar-refractivity contribution in [2.45, 2.75) is 19.8 Å². The van der Waals surface area contributed by atoms with Crippen LogP contribution in [0.1, 0.15) is 19.8 Å². The minimum absolute atomic E-state index is 0.108. The van der Waals surface area contributed by atoms with Gasteiger partial charge in [-0.15, -0.1) is 0 Å². The quantitative estimate of drug-likeness (QED) is 0.492. The van der Waals surface area contributed by atoms with Crippen LogP contribution in [-0.4, -0.2) is 24.3 Å². The van der Waals surface area contributed by atoms with Crippen molar-refractivity contribution in [1.29, 1.82) is 0 Å². The van der Waals surface area contributed by atoms with E-state index >= 15 is 0 Å². The normalized spacial score (nSPS) is 9.80. The number of carbonyl (C=O) groups excluding carboxylic acids is 1. The molecule has 3 heteroatoms. The lowest BCUT2D eigenvalue weighted by Gasteiger charge is -1.98. The third-order valence-corrected chi connectivity index (χ3v) is 1.68. The maximum Gasteiger partial charge on any atom is 0.168 e. The van der Waals surface area contributed by atoms with Gasteiger partial charge >= 0.3 is 0 Å². The summed E-state index contributed by atoms with van der Waals surface area (Å²) in [4.78, 5) is 10.6. The fraction of sp³-hybridized carbons (Fsp3) is 0.857. The number of Topliss-reactive ketones (excluding diaryl/α,β-unsaturated/α-hetero) is 1. The van der Waals surface area contributed by atoms with Crippen molar-refractivity contribution in [2.75, 3.05) is 18.5 Å². The summed E-state index contributed by atoms with van der Waals surface area (Å²) in [5, 5.41) is 0.402. The van der Waals surface area contributed by atoms with Gasteiger partial charge in [-0.3, -0.25) is 4.79 Å². The zero-order valence-electron chi connectivity index (χ0n) is 6.23. The van der Waals surface area contributed by atoms with Crippen LogP contribution < -0.4 is 0 Å². The molecule has 0 aromatic rings. The van der Waals surface area contributed by atoms with E-state index in [2.05, 4.69) is 22.9 Å². The Kier molecular flexibility index (Phi) is 7.30. The Morgan fingerprint density at radius 2 is 2.30 bits per heavy atom. The average molecular weight is 209 g/mol. The average Bonchev–Trinajstić information content (AvgIpc) is 1.98. The summed E-state index contributed by atoms with van der Waals surface area (Å²) in [5.74, 6) is 0.108. The number of rotatable bonds is 6. The number of carbonyl (C=O) groups is 1. The van der Waals surface area contributed by atoms with Crippen molar-refractivity contribution in [2.24, 2.45) is 0 Å². The molecule has 0 unspecified atom stereocenters. The molecule has 60 valence electrons. The standard InChI is InChI=1S/C7H13BrO2/c1-2-3-4-10-6-7(9)5-8/h2-6H2,1H3. The van der Waals surface area contributed by atoms with Gasteiger partial charge in [-0.05, 0) is 6.42 Å². The fourth-order valence-electron chi connectivity index (χ4n) is 0.471. The van der Waals surface area contributed by atoms with Crippen LogP contribution in [-0.2, 0) is 9.53 Å². The van der Waals surface area contributed by atoms with E-state index in [0.717, 1.165) is 12.8 Å². The molecule has 0 fully saturated rings. The zero-order chi connectivity index (χ0) is 7.82. The number of ether oxygens (including phenoxy) is 1. The molecular formula is C7H13BrO2. The summed E-state index contributed by atoms with van der Waals surface area (Å²) in [5.41, 5.74) is 0. The van der Waals surface area contributed by atoms with Crippen LogP contribution in [0.4, 0.5) is 0 Å². The first-order chi connectivity index (χ1) is 4.81. The monoisotopic (exact) mass is 208 g/mol. The molecule has 0 heterocycles. The highest BCUT2D eigenvalue weighted by molar-refractivity contribution is 9.09. The molecule has 0 saturated carbocycles. The minimum Gasteiger partial charge on any atom is -0.374 e. The van der Waals surface area contributed by atoms with Crippen LogP contribution >= 0.6 is 15.9 Å². The van der Waals surface area contributed by atoms with Crippen LogP contribution in [0.5, 0.6) is 0 Å². The highest BCUT2D eigenvalue weighted by atomic mass is 79.9. The zero-order valence-corrected chi connectivity index (χ0v) is 7.82. The molecule has 0 rings (SSSR count). The number of ketones is 1. The van der Waals surface area contributed by atoms with E-state index in [-0.39, 0.29) is 12.4 Å². The van der Waals surface area contributed by atoms with Gasteiger partial charge in [0.15, 0.2) is 5.78 Å². The Morgan fingerprint density at radius 1 is 1.60 bits per heavy atom. The summed E-state index contributed by atoms with van der Waals surface area (Å²) >= 11 is 3.05. The molecule has 0 amide bonds. The third-order valence-electron chi connectivity index (χ3n) is 1.05. The van der Waals surface area contributed by atoms with Gasteiger partial charge in [0.25, 0.3) is 0 Å². The molecule has 0 aromatic carbocycles. The van der Waals surface area contributed by atoms with Gasteiger partial charge < -0.3 is 4.74 Å². The maximum atomic E-state index is 10.6. The highest BCUT2D eigenvalue weighted by Gasteiger charge is 1.96. The van der Waals surface area contributed by atoms with Gasteiger partial charge in [0.1, 0.15) is 6.61 Å². The van der Waals surface area contributed by atoms with Crippen molar-refractivity contribution in [1.82, 2.24) is 0 Å². The van der Waals surface area contributed by atoms with Crippen LogP contribution in [0.3, 0.4) is 0 Å². The van der Waals surface area contributed by atoms with Gasteiger partial charge in [-0.25, -0.2) is 0 Å². The Bertz CT molecular complexity index is 93.6. The predicted octanol–water partition coefficient (Wildman–Crippen LogP) is 1.77. The summed E-state index contributed by atoms with van der Waals surface area (Å²) in [6.45, 7) is 3.05. The maximum absolute atomic E-state index is 10.6. The predicted molar refractivity (Wildman–Crippen MR) is 44.5 cm³/mol. The van der Waals surface area contributed by atoms with Crippen LogP contribution in [0.25, 0.3) is 0 Å². The van der Waals surface area contributed by atoms with Crippen LogP contribution in [0.15, 0.2) is 0 Å². The molecule has 0 saturated heterocycles. The second-order valence-electron chi connectivity index (χ2n) is 2.08. The Labute approximate surface area is 70.1 Å². The molecule has 0 aliphatic carbocycles. The van der Waals surface area contributed by atoms with Gasteiger partial charge in [-0.1, -0.05) is 29.3 Å². The van der Waals surface area contributed by atoms with Crippen molar-refractivity contribution in [3.8, 4) is 0 Å². The van der Waals surface area contributed by atoms with E-state index < -0.39 is 0 Å². The molecule has 0 bridgehead atoms. The molecular weight excluding hydrogens is 196 g/mol. The molecule has 0 aliphatic rings. The molecule has 0 aliphatic heterocycles. The van der Waals surface area contributed by atoms with E-state index in [0.29, 0.717) is 11.9 Å². The largest absolute Gasteiger partial charge is 0.374 e. The lowest BCUT2D eigenvalue weighted by Crippen LogP contribution is -2.09. The second kappa shape index (κ2) is 7.22. The molecule has 10 heavy (non-hydrogen) atoms. The lowest BCUT2D eigenvalue weighted by atomic mass is 10.4.